The maximum atomic E-state index is 12.5. The lowest BCUT2D eigenvalue weighted by Crippen LogP contribution is -2.43. The molecule has 1 amide bonds. The molecule has 1 N–H and O–H groups in total. The van der Waals surface area contributed by atoms with Crippen LogP contribution in [0.5, 0.6) is 0 Å². The number of rotatable bonds is 3. The van der Waals surface area contributed by atoms with E-state index in [1.54, 1.807) is 4.68 Å². The van der Waals surface area contributed by atoms with Gasteiger partial charge in [0.05, 0.1) is 34.6 Å². The normalized spacial score (nSPS) is 19.8. The van der Waals surface area contributed by atoms with Crippen LogP contribution in [-0.4, -0.2) is 41.7 Å². The fraction of sp³-hybridized carbons (Fsp3) is 0.412. The molecule has 1 aliphatic rings. The molecule has 0 radical (unpaired) electrons. The molecule has 0 bridgehead atoms. The summed E-state index contributed by atoms with van der Waals surface area (Å²) in [7, 11) is -3.05. The number of sulfone groups is 1. The number of nitrogens with zero attached hydrogens (tertiary/aromatic N) is 2. The van der Waals surface area contributed by atoms with Gasteiger partial charge in [-0.1, -0.05) is 18.2 Å². The van der Waals surface area contributed by atoms with E-state index < -0.39 is 9.84 Å². The number of amides is 1. The highest BCUT2D eigenvalue weighted by atomic mass is 32.2. The zero-order valence-electron chi connectivity index (χ0n) is 13.8. The first-order valence-corrected chi connectivity index (χ1v) is 9.81. The van der Waals surface area contributed by atoms with Gasteiger partial charge in [-0.2, -0.15) is 5.10 Å². The first-order valence-electron chi connectivity index (χ1n) is 7.99. The van der Waals surface area contributed by atoms with Crippen LogP contribution in [0.3, 0.4) is 0 Å². The minimum atomic E-state index is -3.05. The van der Waals surface area contributed by atoms with Crippen molar-refractivity contribution in [3.05, 3.63) is 47.3 Å². The van der Waals surface area contributed by atoms with Crippen LogP contribution in [0.15, 0.2) is 30.5 Å². The molecule has 128 valence electrons. The molecule has 6 nitrogen and oxygen atoms in total. The molecule has 1 atom stereocenters. The van der Waals surface area contributed by atoms with Crippen LogP contribution >= 0.6 is 0 Å². The second-order valence-electron chi connectivity index (χ2n) is 6.27. The van der Waals surface area contributed by atoms with Crippen molar-refractivity contribution in [2.75, 3.05) is 11.5 Å². The number of para-hydroxylation sites is 1. The topological polar surface area (TPSA) is 81.1 Å². The van der Waals surface area contributed by atoms with Crippen molar-refractivity contribution < 1.29 is 13.2 Å². The summed E-state index contributed by atoms with van der Waals surface area (Å²) in [5, 5.41) is 7.17. The molecule has 2 heterocycles. The van der Waals surface area contributed by atoms with Crippen LogP contribution in [0.2, 0.25) is 0 Å². The second-order valence-corrected chi connectivity index (χ2v) is 8.50. The maximum absolute atomic E-state index is 12.5. The number of carbonyl (C=O) groups excluding carboxylic acids is 1. The zero-order chi connectivity index (χ0) is 17.3. The van der Waals surface area contributed by atoms with E-state index in [9.17, 15) is 13.2 Å². The van der Waals surface area contributed by atoms with Crippen LogP contribution < -0.4 is 5.32 Å². The molecule has 0 saturated carbocycles. The highest BCUT2D eigenvalue weighted by Crippen LogP contribution is 2.18. The van der Waals surface area contributed by atoms with Crippen LogP contribution in [0, 0.1) is 13.8 Å². The Morgan fingerprint density at radius 2 is 2.04 bits per heavy atom. The van der Waals surface area contributed by atoms with E-state index in [4.69, 9.17) is 0 Å². The summed E-state index contributed by atoms with van der Waals surface area (Å²) in [5.74, 6) is -0.0395. The van der Waals surface area contributed by atoms with E-state index in [0.717, 1.165) is 16.9 Å². The smallest absolute Gasteiger partial charge is 0.255 e. The first kappa shape index (κ1) is 16.7. The lowest BCUT2D eigenvalue weighted by molar-refractivity contribution is 0.0937. The highest BCUT2D eigenvalue weighted by molar-refractivity contribution is 7.91. The molecule has 24 heavy (non-hydrogen) atoms. The van der Waals surface area contributed by atoms with Gasteiger partial charge in [-0.15, -0.1) is 0 Å². The molecular formula is C17H21N3O3S. The van der Waals surface area contributed by atoms with Crippen molar-refractivity contribution >= 4 is 15.7 Å². The second kappa shape index (κ2) is 6.39. The van der Waals surface area contributed by atoms with E-state index in [1.807, 2.05) is 38.1 Å². The predicted molar refractivity (Wildman–Crippen MR) is 92.2 cm³/mol. The molecule has 2 aromatic rings. The third kappa shape index (κ3) is 3.36. The Labute approximate surface area is 141 Å². The Hall–Kier alpha value is -2.15. The van der Waals surface area contributed by atoms with Gasteiger partial charge in [0.25, 0.3) is 5.91 Å². The number of aryl methyl sites for hydroxylation is 1. The zero-order valence-corrected chi connectivity index (χ0v) is 14.6. The lowest BCUT2D eigenvalue weighted by Gasteiger charge is -2.22. The number of hydrogen-bond acceptors (Lipinski definition) is 4. The molecule has 1 aliphatic heterocycles. The molecule has 1 aromatic heterocycles. The fourth-order valence-electron chi connectivity index (χ4n) is 3.08. The SMILES string of the molecule is Cc1ccccc1-n1ncc(C(=O)N[C@H]2CCCS(=O)(=O)C2)c1C. The van der Waals surface area contributed by atoms with E-state index in [1.165, 1.54) is 6.20 Å². The summed E-state index contributed by atoms with van der Waals surface area (Å²) >= 11 is 0. The van der Waals surface area contributed by atoms with Crippen molar-refractivity contribution in [3.63, 3.8) is 0 Å². The molecule has 1 saturated heterocycles. The number of aromatic nitrogens is 2. The van der Waals surface area contributed by atoms with Gasteiger partial charge in [0.2, 0.25) is 0 Å². The first-order chi connectivity index (χ1) is 11.4. The van der Waals surface area contributed by atoms with Gasteiger partial charge >= 0.3 is 0 Å². The molecule has 1 fully saturated rings. The minimum absolute atomic E-state index is 0.0176. The van der Waals surface area contributed by atoms with Gasteiger partial charge in [-0.25, -0.2) is 13.1 Å². The molecule has 3 rings (SSSR count). The Bertz CT molecular complexity index is 871. The van der Waals surface area contributed by atoms with Crippen LogP contribution in [0.1, 0.15) is 34.5 Å². The summed E-state index contributed by atoms with van der Waals surface area (Å²) in [6.07, 6.45) is 2.82. The van der Waals surface area contributed by atoms with Crippen molar-refractivity contribution in [2.24, 2.45) is 0 Å². The molecule has 7 heteroatoms. The third-order valence-electron chi connectivity index (χ3n) is 4.40. The van der Waals surface area contributed by atoms with Crippen LogP contribution in [0.4, 0.5) is 0 Å². The largest absolute Gasteiger partial charge is 0.348 e. The minimum Gasteiger partial charge on any atom is -0.348 e. The van der Waals surface area contributed by atoms with E-state index >= 15 is 0 Å². The van der Waals surface area contributed by atoms with Crippen molar-refractivity contribution in [1.29, 1.82) is 0 Å². The van der Waals surface area contributed by atoms with Crippen molar-refractivity contribution in [2.45, 2.75) is 32.7 Å². The van der Waals surface area contributed by atoms with Crippen molar-refractivity contribution in [3.8, 4) is 5.69 Å². The summed E-state index contributed by atoms with van der Waals surface area (Å²) in [6.45, 7) is 3.83. The van der Waals surface area contributed by atoms with E-state index in [2.05, 4.69) is 10.4 Å². The monoisotopic (exact) mass is 347 g/mol. The number of hydrogen-bond donors (Lipinski definition) is 1. The maximum Gasteiger partial charge on any atom is 0.255 e. The molecule has 0 spiro atoms. The van der Waals surface area contributed by atoms with Gasteiger partial charge < -0.3 is 5.32 Å². The average Bonchev–Trinajstić information content (AvgIpc) is 2.88. The third-order valence-corrected chi connectivity index (χ3v) is 6.22. The molecular weight excluding hydrogens is 326 g/mol. The molecule has 0 aliphatic carbocycles. The molecule has 0 unspecified atom stereocenters. The Balaban J connectivity index is 1.81. The number of benzene rings is 1. The van der Waals surface area contributed by atoms with Crippen LogP contribution in [0.25, 0.3) is 5.69 Å². The Morgan fingerprint density at radius 3 is 2.75 bits per heavy atom. The summed E-state index contributed by atoms with van der Waals surface area (Å²) in [5.41, 5.74) is 3.20. The number of nitrogens with one attached hydrogen (secondary N) is 1. The van der Waals surface area contributed by atoms with Gasteiger partial charge in [-0.3, -0.25) is 4.79 Å². The van der Waals surface area contributed by atoms with Gasteiger partial charge in [0.15, 0.2) is 9.84 Å². The van der Waals surface area contributed by atoms with Gasteiger partial charge in [0, 0.05) is 6.04 Å². The number of carbonyl (C=O) groups is 1. The Morgan fingerprint density at radius 1 is 1.29 bits per heavy atom. The summed E-state index contributed by atoms with van der Waals surface area (Å²) in [6, 6.07) is 7.50. The quantitative estimate of drug-likeness (QED) is 0.918. The predicted octanol–water partition coefficient (Wildman–Crippen LogP) is 1.80. The summed E-state index contributed by atoms with van der Waals surface area (Å²) < 4.78 is 25.1. The van der Waals surface area contributed by atoms with Crippen molar-refractivity contribution in [1.82, 2.24) is 15.1 Å². The Kier molecular flexibility index (Phi) is 4.45. The standard InChI is InChI=1S/C17H21N3O3S/c1-12-6-3-4-8-16(12)20-13(2)15(10-18-20)17(21)19-14-7-5-9-24(22,23)11-14/h3-4,6,8,10,14H,5,7,9,11H2,1-2H3,(H,19,21)/t14-/m0/s1. The van der Waals surface area contributed by atoms with E-state index in [-0.39, 0.29) is 23.5 Å². The summed E-state index contributed by atoms with van der Waals surface area (Å²) in [4.78, 5) is 12.5. The lowest BCUT2D eigenvalue weighted by atomic mass is 10.1. The molecule has 1 aromatic carbocycles. The van der Waals surface area contributed by atoms with Gasteiger partial charge in [-0.05, 0) is 38.3 Å². The van der Waals surface area contributed by atoms with Crippen LogP contribution in [-0.2, 0) is 9.84 Å². The highest BCUT2D eigenvalue weighted by Gasteiger charge is 2.27. The van der Waals surface area contributed by atoms with Gasteiger partial charge in [0.1, 0.15) is 0 Å². The average molecular weight is 347 g/mol. The van der Waals surface area contributed by atoms with E-state index in [0.29, 0.717) is 18.4 Å². The fourth-order valence-corrected chi connectivity index (χ4v) is 4.71.